The highest BCUT2D eigenvalue weighted by molar-refractivity contribution is 6.31. The van der Waals surface area contributed by atoms with Crippen LogP contribution in [0, 0.1) is 0 Å². The molecule has 0 bridgehead atoms. The number of carbonyl (C=O) groups excluding carboxylic acids is 3. The number of imide groups is 1. The Labute approximate surface area is 201 Å². The largest absolute Gasteiger partial charge is 0.495 e. The average molecular weight is 486 g/mol. The Balaban J connectivity index is 1.22. The van der Waals surface area contributed by atoms with Crippen LogP contribution in [0.2, 0.25) is 5.02 Å². The number of para-hydroxylation sites is 2. The molecule has 2 fully saturated rings. The van der Waals surface area contributed by atoms with E-state index in [9.17, 15) is 14.4 Å². The highest BCUT2D eigenvalue weighted by atomic mass is 35.5. The van der Waals surface area contributed by atoms with Gasteiger partial charge in [-0.2, -0.15) is 0 Å². The molecule has 5 rings (SSSR count). The van der Waals surface area contributed by atoms with Gasteiger partial charge in [-0.1, -0.05) is 23.7 Å². The van der Waals surface area contributed by atoms with Crippen molar-refractivity contribution >= 4 is 35.0 Å². The normalized spacial score (nSPS) is 22.8. The Kier molecular flexibility index (Phi) is 6.05. The maximum absolute atomic E-state index is 13.2. The molecule has 0 aromatic heterocycles. The summed E-state index contributed by atoms with van der Waals surface area (Å²) < 4.78 is 16.8. The molecule has 178 valence electrons. The highest BCUT2D eigenvalue weighted by Gasteiger charge is 2.45. The first-order valence-electron chi connectivity index (χ1n) is 11.1. The fourth-order valence-corrected chi connectivity index (χ4v) is 4.76. The van der Waals surface area contributed by atoms with Gasteiger partial charge in [0.2, 0.25) is 12.0 Å². The summed E-state index contributed by atoms with van der Waals surface area (Å²) in [6.45, 7) is 1.96. The van der Waals surface area contributed by atoms with E-state index in [1.165, 1.54) is 7.11 Å². The van der Waals surface area contributed by atoms with Crippen LogP contribution in [0.3, 0.4) is 0 Å². The summed E-state index contributed by atoms with van der Waals surface area (Å²) in [6.07, 6.45) is -0.638. The maximum Gasteiger partial charge on any atom is 0.267 e. The smallest absolute Gasteiger partial charge is 0.267 e. The molecular weight excluding hydrogens is 462 g/mol. The molecule has 2 saturated heterocycles. The highest BCUT2D eigenvalue weighted by Crippen LogP contribution is 2.36. The number of ether oxygens (including phenoxy) is 3. The first-order chi connectivity index (χ1) is 16.5. The lowest BCUT2D eigenvalue weighted by atomic mass is 10.1. The SMILES string of the molecule is COc1ccc(Cl)cc1N1C(=O)C[C@H](N2CCN(C(=O)[C@H]3COc4ccccc4O3)CC2)C1=O. The molecule has 34 heavy (non-hydrogen) atoms. The van der Waals surface area contributed by atoms with Crippen LogP contribution in [-0.4, -0.2) is 79.6 Å². The van der Waals surface area contributed by atoms with Gasteiger partial charge in [0.25, 0.3) is 11.8 Å². The van der Waals surface area contributed by atoms with Crippen LogP contribution in [0.25, 0.3) is 0 Å². The van der Waals surface area contributed by atoms with Crippen molar-refractivity contribution in [1.29, 1.82) is 0 Å². The summed E-state index contributed by atoms with van der Waals surface area (Å²) in [7, 11) is 1.48. The van der Waals surface area contributed by atoms with E-state index in [0.29, 0.717) is 54.1 Å². The topological polar surface area (TPSA) is 88.6 Å². The van der Waals surface area contributed by atoms with Crippen LogP contribution in [0.1, 0.15) is 6.42 Å². The zero-order valence-electron chi connectivity index (χ0n) is 18.6. The number of carbonyl (C=O) groups is 3. The number of benzene rings is 2. The third-order valence-electron chi connectivity index (χ3n) is 6.36. The van der Waals surface area contributed by atoms with Crippen molar-refractivity contribution < 1.29 is 28.6 Å². The summed E-state index contributed by atoms with van der Waals surface area (Å²) in [6, 6.07) is 11.5. The van der Waals surface area contributed by atoms with Gasteiger partial charge >= 0.3 is 0 Å². The standard InChI is InChI=1S/C24H24ClN3O6/c1-32-18-7-6-15(25)12-16(18)28-22(29)13-17(23(28)30)26-8-10-27(11-9-26)24(31)21-14-33-19-4-2-3-5-20(19)34-21/h2-7,12,17,21H,8-11,13-14H2,1H3/t17-,21+/m0/s1. The number of anilines is 1. The second-order valence-corrected chi connectivity index (χ2v) is 8.77. The van der Waals surface area contributed by atoms with Crippen LogP contribution in [0.15, 0.2) is 42.5 Å². The molecule has 0 aliphatic carbocycles. The lowest BCUT2D eigenvalue weighted by Crippen LogP contribution is -2.57. The number of piperazine rings is 1. The van der Waals surface area contributed by atoms with Crippen LogP contribution >= 0.6 is 11.6 Å². The quantitative estimate of drug-likeness (QED) is 0.612. The molecule has 0 N–H and O–H groups in total. The van der Waals surface area contributed by atoms with Crippen molar-refractivity contribution in [2.75, 3.05) is 44.8 Å². The molecule has 2 aromatic carbocycles. The lowest BCUT2D eigenvalue weighted by molar-refractivity contribution is -0.143. The molecule has 3 aliphatic rings. The van der Waals surface area contributed by atoms with Gasteiger partial charge < -0.3 is 19.1 Å². The molecule has 10 heteroatoms. The molecule has 0 saturated carbocycles. The lowest BCUT2D eigenvalue weighted by Gasteiger charge is -2.38. The predicted octanol–water partition coefficient (Wildman–Crippen LogP) is 1.96. The molecule has 3 heterocycles. The number of rotatable bonds is 4. The van der Waals surface area contributed by atoms with Gasteiger partial charge in [0.1, 0.15) is 12.4 Å². The molecule has 2 atom stereocenters. The zero-order chi connectivity index (χ0) is 23.8. The van der Waals surface area contributed by atoms with E-state index in [2.05, 4.69) is 0 Å². The predicted molar refractivity (Wildman–Crippen MR) is 123 cm³/mol. The van der Waals surface area contributed by atoms with Crippen molar-refractivity contribution in [3.63, 3.8) is 0 Å². The number of hydrogen-bond donors (Lipinski definition) is 0. The van der Waals surface area contributed by atoms with Crippen LogP contribution < -0.4 is 19.1 Å². The third-order valence-corrected chi connectivity index (χ3v) is 6.59. The summed E-state index contributed by atoms with van der Waals surface area (Å²) in [5, 5.41) is 0.406. The number of nitrogens with zero attached hydrogens (tertiary/aromatic N) is 3. The van der Waals surface area contributed by atoms with E-state index in [1.54, 1.807) is 35.2 Å². The fourth-order valence-electron chi connectivity index (χ4n) is 4.59. The van der Waals surface area contributed by atoms with Gasteiger partial charge in [0.15, 0.2) is 11.5 Å². The second-order valence-electron chi connectivity index (χ2n) is 8.33. The molecule has 3 amide bonds. The molecule has 0 unspecified atom stereocenters. The fraction of sp³-hybridized carbons (Fsp3) is 0.375. The van der Waals surface area contributed by atoms with Crippen LogP contribution in [-0.2, 0) is 14.4 Å². The number of hydrogen-bond acceptors (Lipinski definition) is 7. The van der Waals surface area contributed by atoms with E-state index >= 15 is 0 Å². The molecule has 2 aromatic rings. The second kappa shape index (κ2) is 9.15. The Morgan fingerprint density at radius 2 is 1.79 bits per heavy atom. The molecule has 3 aliphatic heterocycles. The number of halogens is 1. The summed E-state index contributed by atoms with van der Waals surface area (Å²) in [5.74, 6) is 0.817. The zero-order valence-corrected chi connectivity index (χ0v) is 19.4. The Morgan fingerprint density at radius 1 is 1.06 bits per heavy atom. The maximum atomic E-state index is 13.2. The number of fused-ring (bicyclic) bond motifs is 1. The minimum absolute atomic E-state index is 0.0683. The van der Waals surface area contributed by atoms with Crippen molar-refractivity contribution in [2.24, 2.45) is 0 Å². The molecular formula is C24H24ClN3O6. The first-order valence-corrected chi connectivity index (χ1v) is 11.5. The monoisotopic (exact) mass is 485 g/mol. The summed E-state index contributed by atoms with van der Waals surface area (Å²) in [4.78, 5) is 43.8. The van der Waals surface area contributed by atoms with Gasteiger partial charge in [0.05, 0.1) is 25.3 Å². The average Bonchev–Trinajstić information content (AvgIpc) is 3.16. The van der Waals surface area contributed by atoms with Gasteiger partial charge in [-0.05, 0) is 30.3 Å². The van der Waals surface area contributed by atoms with Gasteiger partial charge in [0, 0.05) is 31.2 Å². The first kappa shape index (κ1) is 22.5. The minimum atomic E-state index is -0.707. The van der Waals surface area contributed by atoms with Gasteiger partial charge in [-0.25, -0.2) is 4.90 Å². The van der Waals surface area contributed by atoms with E-state index in [0.717, 1.165) is 4.90 Å². The van der Waals surface area contributed by atoms with E-state index < -0.39 is 12.1 Å². The van der Waals surface area contributed by atoms with Gasteiger partial charge in [-0.15, -0.1) is 0 Å². The van der Waals surface area contributed by atoms with E-state index in [-0.39, 0.29) is 30.7 Å². The Hall–Kier alpha value is -3.30. The van der Waals surface area contributed by atoms with Crippen molar-refractivity contribution in [2.45, 2.75) is 18.6 Å². The van der Waals surface area contributed by atoms with Gasteiger partial charge in [-0.3, -0.25) is 19.3 Å². The van der Waals surface area contributed by atoms with E-state index in [4.69, 9.17) is 25.8 Å². The van der Waals surface area contributed by atoms with Crippen molar-refractivity contribution in [3.8, 4) is 17.2 Å². The summed E-state index contributed by atoms with van der Waals surface area (Å²) in [5.41, 5.74) is 0.344. The molecule has 0 spiro atoms. The molecule has 9 nitrogen and oxygen atoms in total. The Bertz CT molecular complexity index is 1130. The number of amides is 3. The summed E-state index contributed by atoms with van der Waals surface area (Å²) >= 11 is 6.10. The van der Waals surface area contributed by atoms with Crippen LogP contribution in [0.5, 0.6) is 17.2 Å². The van der Waals surface area contributed by atoms with Crippen LogP contribution in [0.4, 0.5) is 5.69 Å². The van der Waals surface area contributed by atoms with Crippen molar-refractivity contribution in [1.82, 2.24) is 9.80 Å². The van der Waals surface area contributed by atoms with Crippen molar-refractivity contribution in [3.05, 3.63) is 47.5 Å². The third kappa shape index (κ3) is 4.05. The Morgan fingerprint density at radius 3 is 2.53 bits per heavy atom. The minimum Gasteiger partial charge on any atom is -0.495 e. The number of methoxy groups -OCH3 is 1. The molecule has 0 radical (unpaired) electrons. The van der Waals surface area contributed by atoms with E-state index in [1.807, 2.05) is 17.0 Å².